The Balaban J connectivity index is 2.06. The average molecular weight is 309 g/mol. The van der Waals surface area contributed by atoms with Gasteiger partial charge in [-0.25, -0.2) is 4.98 Å². The van der Waals surface area contributed by atoms with Gasteiger partial charge in [0.05, 0.1) is 17.2 Å². The van der Waals surface area contributed by atoms with Crippen molar-refractivity contribution in [3.8, 4) is 0 Å². The lowest BCUT2D eigenvalue weighted by Crippen LogP contribution is -2.35. The predicted molar refractivity (Wildman–Crippen MR) is 83.6 cm³/mol. The number of aromatic nitrogens is 1. The van der Waals surface area contributed by atoms with Gasteiger partial charge >= 0.3 is 0 Å². The van der Waals surface area contributed by atoms with E-state index in [9.17, 15) is 4.79 Å². The van der Waals surface area contributed by atoms with Crippen LogP contribution in [0.1, 0.15) is 27.9 Å². The van der Waals surface area contributed by atoms with E-state index in [4.69, 9.17) is 11.6 Å². The predicted octanol–water partition coefficient (Wildman–Crippen LogP) is 3.81. The van der Waals surface area contributed by atoms with Crippen LogP contribution in [0, 0.1) is 6.92 Å². The molecule has 0 aliphatic carbocycles. The summed E-state index contributed by atoms with van der Waals surface area (Å²) in [4.78, 5) is 19.9. The van der Waals surface area contributed by atoms with Gasteiger partial charge in [0.1, 0.15) is 0 Å². The number of carbonyl (C=O) groups is 1. The van der Waals surface area contributed by atoms with Crippen molar-refractivity contribution in [1.82, 2.24) is 9.88 Å². The van der Waals surface area contributed by atoms with E-state index in [-0.39, 0.29) is 11.8 Å². The van der Waals surface area contributed by atoms with Gasteiger partial charge in [-0.2, -0.15) is 0 Å². The second-order valence-electron chi connectivity index (χ2n) is 4.82. The fourth-order valence-corrected chi connectivity index (χ4v) is 2.86. The molecule has 1 unspecified atom stereocenters. The molecule has 2 rings (SSSR count). The third-order valence-electron chi connectivity index (χ3n) is 3.41. The molecule has 1 aromatic carbocycles. The highest BCUT2D eigenvalue weighted by atomic mass is 35.5. The van der Waals surface area contributed by atoms with Crippen LogP contribution in [0.5, 0.6) is 0 Å². The van der Waals surface area contributed by atoms with Gasteiger partial charge in [0.2, 0.25) is 0 Å². The fourth-order valence-electron chi connectivity index (χ4n) is 1.90. The second-order valence-corrected chi connectivity index (χ2v) is 6.20. The Labute approximate surface area is 128 Å². The molecule has 0 N–H and O–H groups in total. The molecule has 3 nitrogen and oxygen atoms in total. The molecule has 2 aromatic rings. The highest BCUT2D eigenvalue weighted by Gasteiger charge is 2.20. The van der Waals surface area contributed by atoms with Crippen molar-refractivity contribution in [3.05, 3.63) is 50.9 Å². The minimum Gasteiger partial charge on any atom is -0.292 e. The number of benzene rings is 1. The van der Waals surface area contributed by atoms with Crippen LogP contribution in [0.15, 0.2) is 29.8 Å². The van der Waals surface area contributed by atoms with Crippen molar-refractivity contribution in [2.75, 3.05) is 7.05 Å². The zero-order valence-electron chi connectivity index (χ0n) is 11.8. The quantitative estimate of drug-likeness (QED) is 0.788. The molecule has 20 heavy (non-hydrogen) atoms. The monoisotopic (exact) mass is 308 g/mol. The Morgan fingerprint density at radius 1 is 1.40 bits per heavy atom. The van der Waals surface area contributed by atoms with Gasteiger partial charge in [-0.05, 0) is 45.2 Å². The third-order valence-corrected chi connectivity index (χ3v) is 4.58. The number of thiazole rings is 1. The summed E-state index contributed by atoms with van der Waals surface area (Å²) in [5, 5.41) is 0.642. The molecule has 0 saturated heterocycles. The molecule has 0 aliphatic heterocycles. The van der Waals surface area contributed by atoms with Gasteiger partial charge in [0.15, 0.2) is 5.78 Å². The summed E-state index contributed by atoms with van der Waals surface area (Å²) in [6.45, 7) is 4.65. The van der Waals surface area contributed by atoms with Gasteiger partial charge < -0.3 is 0 Å². The van der Waals surface area contributed by atoms with E-state index < -0.39 is 0 Å². The minimum atomic E-state index is -0.183. The normalized spacial score (nSPS) is 12.7. The number of ketones is 1. The van der Waals surface area contributed by atoms with Crippen LogP contribution in [-0.4, -0.2) is 28.8 Å². The maximum atomic E-state index is 12.4. The first-order valence-corrected chi connectivity index (χ1v) is 7.63. The molecule has 0 fully saturated rings. The molecule has 1 heterocycles. The molecule has 1 aromatic heterocycles. The summed E-state index contributed by atoms with van der Waals surface area (Å²) in [6, 6.07) is 6.85. The van der Waals surface area contributed by atoms with Gasteiger partial charge in [0, 0.05) is 22.0 Å². The Morgan fingerprint density at radius 2 is 2.05 bits per heavy atom. The van der Waals surface area contributed by atoms with Crippen molar-refractivity contribution >= 4 is 28.7 Å². The highest BCUT2D eigenvalue weighted by molar-refractivity contribution is 7.09. The van der Waals surface area contributed by atoms with E-state index >= 15 is 0 Å². The van der Waals surface area contributed by atoms with Crippen LogP contribution in [0.3, 0.4) is 0 Å². The number of aryl methyl sites for hydroxylation is 1. The van der Waals surface area contributed by atoms with Crippen molar-refractivity contribution in [3.63, 3.8) is 0 Å². The van der Waals surface area contributed by atoms with Crippen LogP contribution < -0.4 is 0 Å². The molecule has 0 spiro atoms. The minimum absolute atomic E-state index is 0.103. The second kappa shape index (κ2) is 6.48. The molecule has 5 heteroatoms. The van der Waals surface area contributed by atoms with E-state index in [0.717, 1.165) is 12.2 Å². The zero-order valence-corrected chi connectivity index (χ0v) is 13.3. The van der Waals surface area contributed by atoms with Gasteiger partial charge in [-0.3, -0.25) is 9.69 Å². The van der Waals surface area contributed by atoms with Crippen LogP contribution in [-0.2, 0) is 6.54 Å². The standard InChI is InChI=1S/C15H17ClN2OS/c1-10-14(20-9-17-10)8-18(3)11(2)15(19)12-4-6-13(16)7-5-12/h4-7,9,11H,8H2,1-3H3. The molecule has 0 saturated carbocycles. The lowest BCUT2D eigenvalue weighted by molar-refractivity contribution is 0.0863. The van der Waals surface area contributed by atoms with Crippen molar-refractivity contribution in [2.45, 2.75) is 26.4 Å². The Morgan fingerprint density at radius 3 is 2.60 bits per heavy atom. The molecular weight excluding hydrogens is 292 g/mol. The number of likely N-dealkylation sites (N-methyl/N-ethyl adjacent to an activating group) is 1. The number of carbonyl (C=O) groups excluding carboxylic acids is 1. The van der Waals surface area contributed by atoms with E-state index in [2.05, 4.69) is 4.98 Å². The lowest BCUT2D eigenvalue weighted by atomic mass is 10.0. The zero-order chi connectivity index (χ0) is 14.7. The summed E-state index contributed by atoms with van der Waals surface area (Å²) in [7, 11) is 1.96. The topological polar surface area (TPSA) is 33.2 Å². The molecule has 0 aliphatic rings. The maximum Gasteiger partial charge on any atom is 0.179 e. The number of hydrogen-bond donors (Lipinski definition) is 0. The summed E-state index contributed by atoms with van der Waals surface area (Å²) < 4.78 is 0. The molecule has 106 valence electrons. The SMILES string of the molecule is Cc1ncsc1CN(C)C(C)C(=O)c1ccc(Cl)cc1. The Bertz CT molecular complexity index is 594. The third kappa shape index (κ3) is 3.45. The van der Waals surface area contributed by atoms with E-state index in [0.29, 0.717) is 10.6 Å². The summed E-state index contributed by atoms with van der Waals surface area (Å²) in [5.74, 6) is 0.103. The van der Waals surface area contributed by atoms with Gasteiger partial charge in [-0.1, -0.05) is 11.6 Å². The number of halogens is 1. The fraction of sp³-hybridized carbons (Fsp3) is 0.333. The largest absolute Gasteiger partial charge is 0.292 e. The number of hydrogen-bond acceptors (Lipinski definition) is 4. The summed E-state index contributed by atoms with van der Waals surface area (Å²) in [6.07, 6.45) is 0. The van der Waals surface area contributed by atoms with Crippen molar-refractivity contribution in [2.24, 2.45) is 0 Å². The first-order chi connectivity index (χ1) is 9.49. The molecule has 0 radical (unpaired) electrons. The molecule has 0 bridgehead atoms. The first kappa shape index (κ1) is 15.2. The van der Waals surface area contributed by atoms with Crippen LogP contribution in [0.4, 0.5) is 0 Å². The summed E-state index contributed by atoms with van der Waals surface area (Å²) >= 11 is 7.47. The number of rotatable bonds is 5. The number of nitrogens with zero attached hydrogens (tertiary/aromatic N) is 2. The van der Waals surface area contributed by atoms with E-state index in [1.54, 1.807) is 35.6 Å². The van der Waals surface area contributed by atoms with E-state index in [1.807, 2.05) is 31.3 Å². The van der Waals surface area contributed by atoms with Crippen LogP contribution in [0.2, 0.25) is 5.02 Å². The average Bonchev–Trinajstić information content (AvgIpc) is 2.83. The highest BCUT2D eigenvalue weighted by Crippen LogP contribution is 2.18. The van der Waals surface area contributed by atoms with Crippen LogP contribution in [0.25, 0.3) is 0 Å². The molecule has 0 amide bonds. The van der Waals surface area contributed by atoms with Crippen LogP contribution >= 0.6 is 22.9 Å². The molecule has 1 atom stereocenters. The Kier molecular flexibility index (Phi) is 4.91. The maximum absolute atomic E-state index is 12.4. The van der Waals surface area contributed by atoms with Gasteiger partial charge in [0.25, 0.3) is 0 Å². The van der Waals surface area contributed by atoms with E-state index in [1.165, 1.54) is 4.88 Å². The first-order valence-electron chi connectivity index (χ1n) is 6.38. The summed E-state index contributed by atoms with van der Waals surface area (Å²) in [5.41, 5.74) is 3.56. The van der Waals surface area contributed by atoms with Crippen molar-refractivity contribution < 1.29 is 4.79 Å². The Hall–Kier alpha value is -1.23. The number of Topliss-reactive ketones (excluding diaryl/α,β-unsaturated/α-hetero) is 1. The molecular formula is C15H17ClN2OS. The smallest absolute Gasteiger partial charge is 0.179 e. The lowest BCUT2D eigenvalue weighted by Gasteiger charge is -2.23. The van der Waals surface area contributed by atoms with Gasteiger partial charge in [-0.15, -0.1) is 11.3 Å². The van der Waals surface area contributed by atoms with Crippen molar-refractivity contribution in [1.29, 1.82) is 0 Å².